The van der Waals surface area contributed by atoms with Crippen LogP contribution in [0.2, 0.25) is 0 Å². The van der Waals surface area contributed by atoms with Gasteiger partial charge in [-0.2, -0.15) is 13.2 Å². The van der Waals surface area contributed by atoms with Crippen molar-refractivity contribution in [1.82, 2.24) is 29.7 Å². The highest BCUT2D eigenvalue weighted by atomic mass is 19.4. The molecule has 15 nitrogen and oxygen atoms in total. The first kappa shape index (κ1) is 32.2. The molecule has 18 heteroatoms. The number of carboxylic acids is 2. The van der Waals surface area contributed by atoms with Crippen molar-refractivity contribution in [3.8, 4) is 11.5 Å². The smallest absolute Gasteiger partial charge is 0.480 e. The van der Waals surface area contributed by atoms with Gasteiger partial charge in [-0.05, 0) is 0 Å². The number of anilines is 1. The third kappa shape index (κ3) is 9.62. The van der Waals surface area contributed by atoms with Gasteiger partial charge < -0.3 is 40.2 Å². The van der Waals surface area contributed by atoms with Crippen LogP contribution in [0, 0.1) is 5.92 Å². The Balaban J connectivity index is 0.000000708. The quantitative estimate of drug-likeness (QED) is 0.219. The third-order valence-corrected chi connectivity index (χ3v) is 5.33. The van der Waals surface area contributed by atoms with E-state index in [0.717, 1.165) is 18.8 Å². The van der Waals surface area contributed by atoms with Crippen LogP contribution in [0.1, 0.15) is 19.5 Å². The molecule has 2 aromatic rings. The van der Waals surface area contributed by atoms with E-state index in [1.807, 2.05) is 0 Å². The Morgan fingerprint density at radius 1 is 1.15 bits per heavy atom. The van der Waals surface area contributed by atoms with E-state index in [9.17, 15) is 27.6 Å². The minimum Gasteiger partial charge on any atom is -0.480 e. The lowest BCUT2D eigenvalue weighted by Crippen LogP contribution is -2.44. The minimum atomic E-state index is -5.08. The molecule has 1 atom stereocenters. The Kier molecular flexibility index (Phi) is 11.6. The number of aromatic nitrogens is 4. The first-order valence-corrected chi connectivity index (χ1v) is 11.9. The van der Waals surface area contributed by atoms with Gasteiger partial charge in [0.05, 0.1) is 32.3 Å². The number of amides is 2. The van der Waals surface area contributed by atoms with Crippen molar-refractivity contribution in [3.63, 3.8) is 0 Å². The van der Waals surface area contributed by atoms with Crippen molar-refractivity contribution in [1.29, 1.82) is 0 Å². The van der Waals surface area contributed by atoms with E-state index in [0.29, 0.717) is 31.3 Å². The Bertz CT molecular complexity index is 1180. The van der Waals surface area contributed by atoms with E-state index in [4.69, 9.17) is 24.9 Å². The fourth-order valence-electron chi connectivity index (χ4n) is 3.21. The maximum absolute atomic E-state index is 12.4. The molecule has 3 rings (SSSR count). The number of carbonyl (C=O) groups excluding carboxylic acids is 2. The number of hydrogen-bond acceptors (Lipinski definition) is 9. The molecule has 0 aromatic carbocycles. The molecule has 1 aliphatic rings. The van der Waals surface area contributed by atoms with Gasteiger partial charge >= 0.3 is 18.1 Å². The number of carboxylic acid groups (broad SMARTS) is 2. The molecule has 6 N–H and O–H groups in total. The molecule has 0 saturated carbocycles. The predicted octanol–water partition coefficient (Wildman–Crippen LogP) is -0.105. The number of H-pyrrole nitrogens is 1. The fraction of sp³-hybridized carbons (Fsp3) is 0.545. The van der Waals surface area contributed by atoms with E-state index in [1.165, 1.54) is 10.9 Å². The van der Waals surface area contributed by atoms with Crippen molar-refractivity contribution in [3.05, 3.63) is 18.2 Å². The number of ether oxygens (including phenoxy) is 1. The number of aliphatic hydroxyl groups excluding tert-OH is 1. The van der Waals surface area contributed by atoms with Crippen LogP contribution in [0.3, 0.4) is 0 Å². The maximum atomic E-state index is 12.4. The molecule has 3 heterocycles. The average Bonchev–Trinajstić information content (AvgIpc) is 3.49. The van der Waals surface area contributed by atoms with Gasteiger partial charge in [0.1, 0.15) is 24.1 Å². The predicted molar refractivity (Wildman–Crippen MR) is 130 cm³/mol. The molecule has 1 aliphatic heterocycles. The zero-order valence-corrected chi connectivity index (χ0v) is 21.6. The number of alkyl halides is 3. The Morgan fingerprint density at radius 2 is 1.77 bits per heavy atom. The number of nitrogens with one attached hydrogen (secondary N) is 3. The summed E-state index contributed by atoms with van der Waals surface area (Å²) in [5.41, 5.74) is 1.22. The van der Waals surface area contributed by atoms with Gasteiger partial charge in [0.15, 0.2) is 5.82 Å². The lowest BCUT2D eigenvalue weighted by Gasteiger charge is -2.25. The normalized spacial score (nSPS) is 14.7. The van der Waals surface area contributed by atoms with Crippen molar-refractivity contribution >= 4 is 29.6 Å². The molecule has 1 saturated heterocycles. The topological polar surface area (TPSA) is 212 Å². The number of carbonyl (C=O) groups is 4. The zero-order valence-electron chi connectivity index (χ0n) is 21.6. The summed E-state index contributed by atoms with van der Waals surface area (Å²) in [5.74, 6) is -4.69. The number of rotatable bonds is 10. The van der Waals surface area contributed by atoms with Crippen LogP contribution in [0.15, 0.2) is 12.5 Å². The largest absolute Gasteiger partial charge is 0.490 e. The highest BCUT2D eigenvalue weighted by Gasteiger charge is 2.38. The second-order valence-corrected chi connectivity index (χ2v) is 8.80. The zero-order chi connectivity index (χ0) is 30.0. The van der Waals surface area contributed by atoms with Gasteiger partial charge in [-0.25, -0.2) is 19.6 Å². The van der Waals surface area contributed by atoms with Crippen LogP contribution < -0.4 is 10.6 Å². The molecule has 0 aliphatic carbocycles. The molecule has 1 fully saturated rings. The first-order valence-electron chi connectivity index (χ1n) is 11.9. The van der Waals surface area contributed by atoms with Gasteiger partial charge in [0, 0.05) is 31.2 Å². The third-order valence-electron chi connectivity index (χ3n) is 5.33. The van der Waals surface area contributed by atoms with E-state index in [2.05, 4.69) is 30.5 Å². The number of aliphatic hydroxyl groups is 1. The number of aliphatic carboxylic acids is 2. The lowest BCUT2D eigenvalue weighted by molar-refractivity contribution is -0.192. The summed E-state index contributed by atoms with van der Waals surface area (Å²) in [6.07, 6.45) is -2.02. The van der Waals surface area contributed by atoms with Crippen molar-refractivity contribution in [2.75, 3.05) is 38.2 Å². The second-order valence-electron chi connectivity index (χ2n) is 8.80. The highest BCUT2D eigenvalue weighted by molar-refractivity contribution is 5.94. The highest BCUT2D eigenvalue weighted by Crippen LogP contribution is 2.25. The molecule has 2 amide bonds. The molecule has 0 unspecified atom stereocenters. The maximum Gasteiger partial charge on any atom is 0.490 e. The lowest BCUT2D eigenvalue weighted by atomic mass is 10.2. The molecular formula is C22H30F3N7O8. The summed E-state index contributed by atoms with van der Waals surface area (Å²) in [7, 11) is 0. The van der Waals surface area contributed by atoms with Gasteiger partial charge in [0.25, 0.3) is 0 Å². The number of aromatic amines is 1. The summed E-state index contributed by atoms with van der Waals surface area (Å²) in [5, 5.41) is 30.3. The van der Waals surface area contributed by atoms with Gasteiger partial charge in [-0.3, -0.25) is 14.5 Å². The number of halogens is 3. The van der Waals surface area contributed by atoms with Gasteiger partial charge in [0.2, 0.25) is 11.8 Å². The molecule has 40 heavy (non-hydrogen) atoms. The van der Waals surface area contributed by atoms with Crippen molar-refractivity contribution in [2.24, 2.45) is 5.92 Å². The van der Waals surface area contributed by atoms with Crippen LogP contribution in [0.5, 0.6) is 0 Å². The molecule has 2 aromatic heterocycles. The van der Waals surface area contributed by atoms with E-state index >= 15 is 0 Å². The molecule has 0 bridgehead atoms. The van der Waals surface area contributed by atoms with Crippen molar-refractivity contribution < 1.29 is 52.4 Å². The average molecular weight is 578 g/mol. The van der Waals surface area contributed by atoms with E-state index in [1.54, 1.807) is 20.0 Å². The summed E-state index contributed by atoms with van der Waals surface area (Å²) in [6.45, 7) is 6.05. The van der Waals surface area contributed by atoms with Gasteiger partial charge in [-0.1, -0.05) is 13.8 Å². The SMILES string of the molecule is CC(C)C(=O)Nc1c(-c2ncc(CN3CCOCC3)[nH]2)ncn1CC(=O)N[C@@H](CO)C(=O)O.O=C(O)C(F)(F)F. The molecule has 0 radical (unpaired) electrons. The van der Waals surface area contributed by atoms with Crippen LogP contribution in [-0.2, 0) is 37.0 Å². The number of imidazole rings is 2. The Morgan fingerprint density at radius 3 is 2.30 bits per heavy atom. The minimum absolute atomic E-state index is 0.256. The fourth-order valence-corrected chi connectivity index (χ4v) is 3.21. The van der Waals surface area contributed by atoms with Crippen LogP contribution >= 0.6 is 0 Å². The van der Waals surface area contributed by atoms with Crippen molar-refractivity contribution in [2.45, 2.75) is 39.2 Å². The summed E-state index contributed by atoms with van der Waals surface area (Å²) >= 11 is 0. The number of nitrogens with zero attached hydrogens (tertiary/aromatic N) is 4. The summed E-state index contributed by atoms with van der Waals surface area (Å²) in [4.78, 5) is 58.9. The molecule has 0 spiro atoms. The Labute approximate surface area is 225 Å². The monoisotopic (exact) mass is 577 g/mol. The van der Waals surface area contributed by atoms with Gasteiger partial charge in [-0.15, -0.1) is 0 Å². The Hall–Kier alpha value is -4.03. The number of hydrogen-bond donors (Lipinski definition) is 6. The van der Waals surface area contributed by atoms with Crippen LogP contribution in [-0.4, -0.2) is 109 Å². The molecular weight excluding hydrogens is 547 g/mol. The summed E-state index contributed by atoms with van der Waals surface area (Å²) < 4.78 is 38.5. The number of morpholine rings is 1. The first-order chi connectivity index (χ1) is 18.7. The van der Waals surface area contributed by atoms with Crippen LogP contribution in [0.4, 0.5) is 19.0 Å². The molecule has 222 valence electrons. The van der Waals surface area contributed by atoms with E-state index in [-0.39, 0.29) is 24.2 Å². The van der Waals surface area contributed by atoms with E-state index < -0.39 is 36.7 Å². The summed E-state index contributed by atoms with van der Waals surface area (Å²) in [6, 6.07) is -1.43. The second kappa shape index (κ2) is 14.4. The standard InChI is InChI=1S/C20H29N7O6.C2HF3O2/c1-12(2)19(30)25-18-16(17-21-7-13(23-17)8-26-3-5-33-6-4-26)22-11-27(18)9-15(29)24-14(10-28)20(31)32;3-2(4,5)1(6)7/h7,11-12,14,28H,3-6,8-10H2,1-2H3,(H,21,23)(H,24,29)(H,25,30)(H,31,32);(H,6,7)/t14-;/m0./s1. The van der Waals surface area contributed by atoms with Crippen LogP contribution in [0.25, 0.3) is 11.5 Å².